The fraction of sp³-hybridized carbons (Fsp3) is 0.533. The summed E-state index contributed by atoms with van der Waals surface area (Å²) in [7, 11) is 3.76. The Morgan fingerprint density at radius 2 is 2.10 bits per heavy atom. The van der Waals surface area contributed by atoms with Crippen molar-refractivity contribution in [3.05, 3.63) is 18.2 Å². The molecule has 0 atom stereocenters. The molecule has 1 aliphatic carbocycles. The van der Waals surface area contributed by atoms with Crippen molar-refractivity contribution in [2.45, 2.75) is 25.8 Å². The van der Waals surface area contributed by atoms with Gasteiger partial charge in [-0.05, 0) is 25.0 Å². The summed E-state index contributed by atoms with van der Waals surface area (Å²) in [6.45, 7) is 3.81. The quantitative estimate of drug-likeness (QED) is 0.788. The summed E-state index contributed by atoms with van der Waals surface area (Å²) >= 11 is 0. The van der Waals surface area contributed by atoms with Crippen LogP contribution in [0.1, 0.15) is 19.8 Å². The minimum atomic E-state index is -0.0764. The molecule has 1 heterocycles. The van der Waals surface area contributed by atoms with Crippen LogP contribution in [0, 0.1) is 5.41 Å². The van der Waals surface area contributed by atoms with Crippen molar-refractivity contribution in [1.29, 1.82) is 0 Å². The highest BCUT2D eigenvalue weighted by molar-refractivity contribution is 6.32. The van der Waals surface area contributed by atoms with Crippen LogP contribution in [0.2, 0.25) is 0 Å². The van der Waals surface area contributed by atoms with Crippen molar-refractivity contribution in [3.8, 4) is 5.75 Å². The fourth-order valence-electron chi connectivity index (χ4n) is 2.58. The number of nitrogens with one attached hydrogen (secondary N) is 1. The molecule has 106 valence electrons. The Morgan fingerprint density at radius 1 is 1.40 bits per heavy atom. The van der Waals surface area contributed by atoms with Crippen molar-refractivity contribution in [3.63, 3.8) is 0 Å². The zero-order valence-corrected chi connectivity index (χ0v) is 12.4. The number of ether oxygens (including phenoxy) is 1. The average Bonchev–Trinajstić information content (AvgIpc) is 3.11. The molecule has 20 heavy (non-hydrogen) atoms. The molecule has 0 unspecified atom stereocenters. The largest absolute Gasteiger partial charge is 0.497 e. The van der Waals surface area contributed by atoms with Gasteiger partial charge in [-0.1, -0.05) is 12.4 Å². The summed E-state index contributed by atoms with van der Waals surface area (Å²) in [5.41, 5.74) is 2.29. The van der Waals surface area contributed by atoms with Gasteiger partial charge >= 0.3 is 0 Å². The zero-order valence-electron chi connectivity index (χ0n) is 12.4. The highest BCUT2D eigenvalue weighted by atomic mass is 16.5. The van der Waals surface area contributed by atoms with Crippen molar-refractivity contribution in [1.82, 2.24) is 5.32 Å². The number of anilines is 1. The second-order valence-corrected chi connectivity index (χ2v) is 6.34. The van der Waals surface area contributed by atoms with Gasteiger partial charge in [0.25, 0.3) is 0 Å². The zero-order chi connectivity index (χ0) is 14.3. The maximum absolute atomic E-state index is 12.0. The van der Waals surface area contributed by atoms with E-state index in [0.717, 1.165) is 31.7 Å². The van der Waals surface area contributed by atoms with Crippen LogP contribution in [-0.4, -0.2) is 40.0 Å². The van der Waals surface area contributed by atoms with Gasteiger partial charge in [0.1, 0.15) is 13.6 Å². The van der Waals surface area contributed by atoms with Gasteiger partial charge in [0, 0.05) is 30.3 Å². The molecule has 0 aromatic heterocycles. The first kappa shape index (κ1) is 13.3. The molecule has 1 aromatic rings. The summed E-state index contributed by atoms with van der Waals surface area (Å²) in [5, 5.41) is 3.15. The molecule has 5 heteroatoms. The number of carbonyl (C=O) groups excluding carboxylic acids is 1. The topological polar surface area (TPSA) is 41.6 Å². The van der Waals surface area contributed by atoms with Crippen LogP contribution in [0.4, 0.5) is 5.69 Å². The van der Waals surface area contributed by atoms with Gasteiger partial charge in [0.15, 0.2) is 0 Å². The van der Waals surface area contributed by atoms with Crippen LogP contribution in [0.3, 0.4) is 0 Å². The number of benzene rings is 1. The third-order valence-electron chi connectivity index (χ3n) is 4.40. The SMILES string of the molecule is Bc1cc(OC)cc(N2CC(NC(=O)C3(C)CC3)C2)c1. The van der Waals surface area contributed by atoms with Crippen molar-refractivity contribution in [2.75, 3.05) is 25.1 Å². The van der Waals surface area contributed by atoms with E-state index in [4.69, 9.17) is 4.74 Å². The lowest BCUT2D eigenvalue weighted by Gasteiger charge is -2.42. The van der Waals surface area contributed by atoms with E-state index in [-0.39, 0.29) is 17.4 Å². The van der Waals surface area contributed by atoms with Crippen LogP contribution in [0.5, 0.6) is 5.75 Å². The number of carbonyl (C=O) groups is 1. The van der Waals surface area contributed by atoms with E-state index in [1.807, 2.05) is 19.1 Å². The van der Waals surface area contributed by atoms with E-state index in [0.29, 0.717) is 0 Å². The van der Waals surface area contributed by atoms with Gasteiger partial charge in [0.05, 0.1) is 13.2 Å². The molecule has 1 aliphatic heterocycles. The normalized spacial score (nSPS) is 20.2. The van der Waals surface area contributed by atoms with Crippen LogP contribution >= 0.6 is 0 Å². The minimum Gasteiger partial charge on any atom is -0.497 e. The molecular weight excluding hydrogens is 251 g/mol. The molecule has 0 bridgehead atoms. The van der Waals surface area contributed by atoms with Crippen molar-refractivity contribution >= 4 is 24.9 Å². The molecule has 2 aliphatic rings. The van der Waals surface area contributed by atoms with E-state index in [9.17, 15) is 4.79 Å². The maximum Gasteiger partial charge on any atom is 0.226 e. The van der Waals surface area contributed by atoms with E-state index < -0.39 is 0 Å². The highest BCUT2D eigenvalue weighted by Gasteiger charge is 2.46. The van der Waals surface area contributed by atoms with Gasteiger partial charge in [-0.25, -0.2) is 0 Å². The second kappa shape index (κ2) is 4.72. The lowest BCUT2D eigenvalue weighted by atomic mass is 9.94. The predicted octanol–water partition coefficient (Wildman–Crippen LogP) is 0.0585. The number of rotatable bonds is 4. The van der Waals surface area contributed by atoms with E-state index in [2.05, 4.69) is 24.1 Å². The Kier molecular flexibility index (Phi) is 3.15. The van der Waals surface area contributed by atoms with Gasteiger partial charge in [-0.3, -0.25) is 4.79 Å². The van der Waals surface area contributed by atoms with Crippen LogP contribution in [0.25, 0.3) is 0 Å². The van der Waals surface area contributed by atoms with Crippen molar-refractivity contribution < 1.29 is 9.53 Å². The Labute approximate surface area is 120 Å². The van der Waals surface area contributed by atoms with Gasteiger partial charge < -0.3 is 15.0 Å². The molecule has 1 saturated heterocycles. The lowest BCUT2D eigenvalue weighted by molar-refractivity contribution is -0.126. The highest BCUT2D eigenvalue weighted by Crippen LogP contribution is 2.45. The monoisotopic (exact) mass is 272 g/mol. The Hall–Kier alpha value is -1.65. The fourth-order valence-corrected chi connectivity index (χ4v) is 2.58. The van der Waals surface area contributed by atoms with Gasteiger partial charge in [0.2, 0.25) is 5.91 Å². The summed E-state index contributed by atoms with van der Waals surface area (Å²) < 4.78 is 5.30. The number of hydrogen-bond donors (Lipinski definition) is 1. The summed E-state index contributed by atoms with van der Waals surface area (Å²) in [6.07, 6.45) is 2.06. The molecular formula is C15H21BN2O2. The van der Waals surface area contributed by atoms with E-state index in [1.54, 1.807) is 7.11 Å². The number of nitrogens with zero attached hydrogens (tertiary/aromatic N) is 1. The molecule has 1 saturated carbocycles. The first-order chi connectivity index (χ1) is 9.50. The second-order valence-electron chi connectivity index (χ2n) is 6.34. The molecule has 1 amide bonds. The number of methoxy groups -OCH3 is 1. The third-order valence-corrected chi connectivity index (χ3v) is 4.40. The van der Waals surface area contributed by atoms with Gasteiger partial charge in [-0.15, -0.1) is 0 Å². The first-order valence-corrected chi connectivity index (χ1v) is 7.22. The summed E-state index contributed by atoms with van der Waals surface area (Å²) in [5.74, 6) is 1.11. The lowest BCUT2D eigenvalue weighted by Crippen LogP contribution is -2.60. The molecule has 0 radical (unpaired) electrons. The van der Waals surface area contributed by atoms with Crippen LogP contribution in [-0.2, 0) is 4.79 Å². The van der Waals surface area contributed by atoms with Crippen molar-refractivity contribution in [2.24, 2.45) is 5.41 Å². The molecule has 4 nitrogen and oxygen atoms in total. The average molecular weight is 272 g/mol. The molecule has 3 rings (SSSR count). The Balaban J connectivity index is 1.57. The molecule has 1 N–H and O–H groups in total. The maximum atomic E-state index is 12.0. The summed E-state index contributed by atoms with van der Waals surface area (Å²) in [4.78, 5) is 14.3. The molecule has 0 spiro atoms. The minimum absolute atomic E-state index is 0.0764. The standard InChI is InChI=1S/C15H21BN2O2/c1-15(3-4-15)14(19)17-11-8-18(9-11)12-5-10(16)6-13(7-12)20-2/h5-7,11H,3-4,8-9,16H2,1-2H3,(H,17,19). The van der Waals surface area contributed by atoms with Gasteiger partial charge in [-0.2, -0.15) is 0 Å². The summed E-state index contributed by atoms with van der Waals surface area (Å²) in [6, 6.07) is 6.51. The predicted molar refractivity (Wildman–Crippen MR) is 82.7 cm³/mol. The Morgan fingerprint density at radius 3 is 2.70 bits per heavy atom. The van der Waals surface area contributed by atoms with Crippen LogP contribution < -0.4 is 20.4 Å². The number of hydrogen-bond acceptors (Lipinski definition) is 3. The third kappa shape index (κ3) is 2.49. The number of amides is 1. The van der Waals surface area contributed by atoms with E-state index >= 15 is 0 Å². The molecule has 1 aromatic carbocycles. The first-order valence-electron chi connectivity index (χ1n) is 7.22. The Bertz CT molecular complexity index is 537. The van der Waals surface area contributed by atoms with Crippen LogP contribution in [0.15, 0.2) is 18.2 Å². The molecule has 2 fully saturated rings. The van der Waals surface area contributed by atoms with E-state index in [1.165, 1.54) is 11.2 Å². The smallest absolute Gasteiger partial charge is 0.226 e.